The lowest BCUT2D eigenvalue weighted by molar-refractivity contribution is 0.225. The molecule has 1 aliphatic heterocycles. The van der Waals surface area contributed by atoms with Crippen LogP contribution in [0.5, 0.6) is 0 Å². The van der Waals surface area contributed by atoms with E-state index in [9.17, 15) is 4.79 Å². The Morgan fingerprint density at radius 2 is 2.15 bits per heavy atom. The number of imidazole rings is 1. The van der Waals surface area contributed by atoms with Crippen LogP contribution >= 0.6 is 0 Å². The highest BCUT2D eigenvalue weighted by atomic mass is 16.1. The Kier molecular flexibility index (Phi) is 2.00. The average molecular weight is 181 g/mol. The van der Waals surface area contributed by atoms with Crippen LogP contribution < -0.4 is 11.0 Å². The van der Waals surface area contributed by atoms with Gasteiger partial charge in [-0.05, 0) is 32.9 Å². The fraction of sp³-hybridized carbons (Fsp3) is 0.667. The number of piperidine rings is 1. The quantitative estimate of drug-likeness (QED) is 0.653. The van der Waals surface area contributed by atoms with Crippen molar-refractivity contribution >= 4 is 0 Å². The molecule has 0 bridgehead atoms. The van der Waals surface area contributed by atoms with E-state index >= 15 is 0 Å². The van der Waals surface area contributed by atoms with Crippen molar-refractivity contribution in [2.24, 2.45) is 0 Å². The second-order valence-electron chi connectivity index (χ2n) is 3.88. The lowest BCUT2D eigenvalue weighted by Crippen LogP contribution is -2.45. The molecule has 0 aliphatic carbocycles. The number of hydrogen-bond donors (Lipinski definition) is 2. The van der Waals surface area contributed by atoms with E-state index in [0.29, 0.717) is 0 Å². The molecular weight excluding hydrogens is 166 g/mol. The van der Waals surface area contributed by atoms with Gasteiger partial charge in [0, 0.05) is 17.9 Å². The Hall–Kier alpha value is -1.03. The van der Waals surface area contributed by atoms with Crippen molar-refractivity contribution in [1.29, 1.82) is 0 Å². The number of hydrogen-bond acceptors (Lipinski definition) is 2. The number of aromatic amines is 1. The fourth-order valence-corrected chi connectivity index (χ4v) is 1.95. The summed E-state index contributed by atoms with van der Waals surface area (Å²) in [5.41, 5.74) is 0.00639. The van der Waals surface area contributed by atoms with Crippen LogP contribution in [0.15, 0.2) is 17.2 Å². The monoisotopic (exact) mass is 181 g/mol. The molecule has 13 heavy (non-hydrogen) atoms. The summed E-state index contributed by atoms with van der Waals surface area (Å²) in [6.07, 6.45) is 5.58. The van der Waals surface area contributed by atoms with Crippen LogP contribution in [0.2, 0.25) is 0 Å². The van der Waals surface area contributed by atoms with Crippen molar-refractivity contribution in [2.45, 2.75) is 25.3 Å². The predicted octanol–water partition coefficient (Wildman–Crippen LogP) is 0.275. The Balaban J connectivity index is 2.33. The summed E-state index contributed by atoms with van der Waals surface area (Å²) in [7, 11) is 0. The van der Waals surface area contributed by atoms with Gasteiger partial charge in [0.05, 0.1) is 0 Å². The second kappa shape index (κ2) is 3.03. The molecule has 1 aromatic rings. The highest BCUT2D eigenvalue weighted by Gasteiger charge is 2.29. The molecule has 0 atom stereocenters. The van der Waals surface area contributed by atoms with Crippen LogP contribution in [0.4, 0.5) is 0 Å². The topological polar surface area (TPSA) is 49.8 Å². The van der Waals surface area contributed by atoms with Crippen molar-refractivity contribution in [3.63, 3.8) is 0 Å². The van der Waals surface area contributed by atoms with Gasteiger partial charge in [-0.15, -0.1) is 0 Å². The van der Waals surface area contributed by atoms with Gasteiger partial charge in [-0.3, -0.25) is 4.57 Å². The van der Waals surface area contributed by atoms with Crippen molar-refractivity contribution < 1.29 is 0 Å². The molecule has 1 fully saturated rings. The predicted molar refractivity (Wildman–Crippen MR) is 50.8 cm³/mol. The third-order valence-electron chi connectivity index (χ3n) is 2.91. The fourth-order valence-electron chi connectivity index (χ4n) is 1.95. The minimum atomic E-state index is 0.00231. The van der Waals surface area contributed by atoms with E-state index in [1.165, 1.54) is 0 Å². The number of H-pyrrole nitrogens is 1. The van der Waals surface area contributed by atoms with Gasteiger partial charge >= 0.3 is 5.69 Å². The van der Waals surface area contributed by atoms with E-state index < -0.39 is 0 Å². The summed E-state index contributed by atoms with van der Waals surface area (Å²) >= 11 is 0. The molecule has 0 unspecified atom stereocenters. The molecule has 1 saturated heterocycles. The third kappa shape index (κ3) is 1.42. The van der Waals surface area contributed by atoms with Crippen LogP contribution in [0.1, 0.15) is 19.8 Å². The molecule has 2 rings (SSSR count). The lowest BCUT2D eigenvalue weighted by atomic mass is 9.90. The first-order valence-electron chi connectivity index (χ1n) is 4.70. The average Bonchev–Trinajstić information content (AvgIpc) is 2.53. The number of nitrogens with zero attached hydrogens (tertiary/aromatic N) is 1. The summed E-state index contributed by atoms with van der Waals surface area (Å²) in [5.74, 6) is 0. The summed E-state index contributed by atoms with van der Waals surface area (Å²) < 4.78 is 1.81. The molecule has 2 N–H and O–H groups in total. The van der Waals surface area contributed by atoms with E-state index in [4.69, 9.17) is 0 Å². The summed E-state index contributed by atoms with van der Waals surface area (Å²) in [6, 6.07) is 0. The Bertz CT molecular complexity index is 333. The standard InChI is InChI=1S/C9H15N3O/c1-9(2-4-10-5-3-9)12-7-6-11-8(12)13/h6-7,10H,2-5H2,1H3,(H,11,13). The smallest absolute Gasteiger partial charge is 0.317 e. The highest BCUT2D eigenvalue weighted by molar-refractivity contribution is 4.92. The van der Waals surface area contributed by atoms with Gasteiger partial charge in [-0.2, -0.15) is 0 Å². The lowest BCUT2D eigenvalue weighted by Gasteiger charge is -2.34. The van der Waals surface area contributed by atoms with Gasteiger partial charge < -0.3 is 10.3 Å². The first kappa shape index (κ1) is 8.56. The molecule has 72 valence electrons. The van der Waals surface area contributed by atoms with Gasteiger partial charge in [-0.25, -0.2) is 4.79 Å². The molecule has 0 saturated carbocycles. The second-order valence-corrected chi connectivity index (χ2v) is 3.88. The zero-order valence-electron chi connectivity index (χ0n) is 7.84. The van der Waals surface area contributed by atoms with Crippen LogP contribution in [-0.4, -0.2) is 22.6 Å². The Morgan fingerprint density at radius 1 is 1.46 bits per heavy atom. The Labute approximate surface area is 77.0 Å². The van der Waals surface area contributed by atoms with Crippen molar-refractivity contribution in [1.82, 2.24) is 14.9 Å². The van der Waals surface area contributed by atoms with E-state index in [1.807, 2.05) is 10.8 Å². The van der Waals surface area contributed by atoms with E-state index in [2.05, 4.69) is 17.2 Å². The maximum Gasteiger partial charge on any atom is 0.325 e. The zero-order valence-corrected chi connectivity index (χ0v) is 7.84. The Morgan fingerprint density at radius 3 is 2.69 bits per heavy atom. The maximum atomic E-state index is 11.4. The first-order chi connectivity index (χ1) is 6.22. The minimum Gasteiger partial charge on any atom is -0.317 e. The van der Waals surface area contributed by atoms with Crippen LogP contribution in [0.3, 0.4) is 0 Å². The molecule has 4 heteroatoms. The third-order valence-corrected chi connectivity index (χ3v) is 2.91. The van der Waals surface area contributed by atoms with Gasteiger partial charge in [-0.1, -0.05) is 0 Å². The molecule has 0 spiro atoms. The summed E-state index contributed by atoms with van der Waals surface area (Å²) in [5, 5.41) is 3.30. The summed E-state index contributed by atoms with van der Waals surface area (Å²) in [6.45, 7) is 4.13. The number of aromatic nitrogens is 2. The van der Waals surface area contributed by atoms with Crippen LogP contribution in [0.25, 0.3) is 0 Å². The van der Waals surface area contributed by atoms with Gasteiger partial charge in [0.1, 0.15) is 0 Å². The number of rotatable bonds is 1. The molecular formula is C9H15N3O. The molecule has 4 nitrogen and oxygen atoms in total. The van der Waals surface area contributed by atoms with Crippen molar-refractivity contribution in [3.05, 3.63) is 22.9 Å². The van der Waals surface area contributed by atoms with Gasteiger partial charge in [0.25, 0.3) is 0 Å². The molecule has 1 aliphatic rings. The normalized spacial score (nSPS) is 21.6. The molecule has 0 amide bonds. The first-order valence-corrected chi connectivity index (χ1v) is 4.70. The van der Waals surface area contributed by atoms with Crippen molar-refractivity contribution in [3.8, 4) is 0 Å². The molecule has 2 heterocycles. The van der Waals surface area contributed by atoms with Crippen LogP contribution in [0, 0.1) is 0 Å². The van der Waals surface area contributed by atoms with Gasteiger partial charge in [0.2, 0.25) is 0 Å². The number of nitrogens with one attached hydrogen (secondary N) is 2. The minimum absolute atomic E-state index is 0.00231. The summed E-state index contributed by atoms with van der Waals surface area (Å²) in [4.78, 5) is 14.1. The largest absolute Gasteiger partial charge is 0.325 e. The van der Waals surface area contributed by atoms with Crippen molar-refractivity contribution in [2.75, 3.05) is 13.1 Å². The van der Waals surface area contributed by atoms with Gasteiger partial charge in [0.15, 0.2) is 0 Å². The molecule has 1 aromatic heterocycles. The maximum absolute atomic E-state index is 11.4. The van der Waals surface area contributed by atoms with Crippen LogP contribution in [-0.2, 0) is 5.54 Å². The SMILES string of the molecule is CC1(n2cc[nH]c2=O)CCNCC1. The van der Waals surface area contributed by atoms with E-state index in [1.54, 1.807) is 6.20 Å². The highest BCUT2D eigenvalue weighted by Crippen LogP contribution is 2.24. The zero-order chi connectivity index (χ0) is 9.31. The molecule has 0 radical (unpaired) electrons. The molecule has 0 aromatic carbocycles. The van der Waals surface area contributed by atoms with E-state index in [0.717, 1.165) is 25.9 Å². The van der Waals surface area contributed by atoms with E-state index in [-0.39, 0.29) is 11.2 Å².